The van der Waals surface area contributed by atoms with Gasteiger partial charge >= 0.3 is 0 Å². The Hall–Kier alpha value is -1.58. The molecular formula is C14H20N4O4S. The van der Waals surface area contributed by atoms with E-state index in [1.54, 1.807) is 11.0 Å². The largest absolute Gasteiger partial charge is 0.376 e. The van der Waals surface area contributed by atoms with Crippen LogP contribution in [-0.2, 0) is 14.8 Å². The summed E-state index contributed by atoms with van der Waals surface area (Å²) in [5.41, 5.74) is 0.517. The van der Waals surface area contributed by atoms with Gasteiger partial charge in [-0.05, 0) is 18.4 Å². The predicted octanol–water partition coefficient (Wildman–Crippen LogP) is -0.497. The van der Waals surface area contributed by atoms with E-state index in [-0.39, 0.29) is 24.5 Å². The Morgan fingerprint density at radius 1 is 1.48 bits per heavy atom. The number of nitrogens with one attached hydrogen (secondary N) is 1. The van der Waals surface area contributed by atoms with Gasteiger partial charge in [-0.15, -0.1) is 0 Å². The molecule has 1 N–H and O–H groups in total. The Kier molecular flexibility index (Phi) is 4.60. The van der Waals surface area contributed by atoms with Gasteiger partial charge in [-0.2, -0.15) is 10.2 Å². The molecule has 1 amide bonds. The quantitative estimate of drug-likeness (QED) is 0.793. The Morgan fingerprint density at radius 2 is 2.30 bits per heavy atom. The maximum Gasteiger partial charge on any atom is 0.255 e. The van der Waals surface area contributed by atoms with Crippen LogP contribution in [0.2, 0.25) is 0 Å². The number of carbonyl (C=O) groups is 1. The minimum absolute atomic E-state index is 0.0694. The van der Waals surface area contributed by atoms with Gasteiger partial charge in [0.05, 0.1) is 36.9 Å². The highest BCUT2D eigenvalue weighted by atomic mass is 32.2. The van der Waals surface area contributed by atoms with E-state index in [0.29, 0.717) is 31.2 Å². The molecule has 2 fully saturated rings. The number of piperidine rings is 1. The SMILES string of the molecule is CS(=O)(=O)NC[C@@H]1OC[C@H]2CCN(C(=O)c3ccnnc3)C[C@H]21. The summed E-state index contributed by atoms with van der Waals surface area (Å²) in [5, 5.41) is 7.42. The van der Waals surface area contributed by atoms with Crippen LogP contribution in [0, 0.1) is 11.8 Å². The Labute approximate surface area is 135 Å². The smallest absolute Gasteiger partial charge is 0.255 e. The number of sulfonamides is 1. The van der Waals surface area contributed by atoms with Crippen molar-refractivity contribution >= 4 is 15.9 Å². The Morgan fingerprint density at radius 3 is 3.00 bits per heavy atom. The van der Waals surface area contributed by atoms with Crippen molar-refractivity contribution in [1.29, 1.82) is 0 Å². The van der Waals surface area contributed by atoms with Gasteiger partial charge in [-0.3, -0.25) is 4.79 Å². The number of ether oxygens (including phenoxy) is 1. The number of rotatable bonds is 4. The molecule has 1 aromatic rings. The highest BCUT2D eigenvalue weighted by Gasteiger charge is 2.42. The molecule has 0 radical (unpaired) electrons. The van der Waals surface area contributed by atoms with Gasteiger partial charge in [0, 0.05) is 25.6 Å². The molecule has 9 heteroatoms. The highest BCUT2D eigenvalue weighted by Crippen LogP contribution is 2.34. The molecular weight excluding hydrogens is 320 g/mol. The fourth-order valence-corrected chi connectivity index (χ4v) is 3.72. The molecule has 2 aliphatic heterocycles. The lowest BCUT2D eigenvalue weighted by molar-refractivity contribution is 0.0562. The van der Waals surface area contributed by atoms with Crippen LogP contribution >= 0.6 is 0 Å². The Bertz CT molecular complexity index is 667. The van der Waals surface area contributed by atoms with E-state index in [2.05, 4.69) is 14.9 Å². The van der Waals surface area contributed by atoms with Gasteiger partial charge < -0.3 is 9.64 Å². The van der Waals surface area contributed by atoms with Crippen molar-refractivity contribution in [1.82, 2.24) is 19.8 Å². The van der Waals surface area contributed by atoms with Crippen molar-refractivity contribution in [3.05, 3.63) is 24.0 Å². The summed E-state index contributed by atoms with van der Waals surface area (Å²) in [7, 11) is -3.25. The molecule has 0 unspecified atom stereocenters. The summed E-state index contributed by atoms with van der Waals surface area (Å²) < 4.78 is 30.8. The average Bonchev–Trinajstić information content (AvgIpc) is 2.94. The summed E-state index contributed by atoms with van der Waals surface area (Å²) in [6.45, 7) is 2.12. The minimum Gasteiger partial charge on any atom is -0.376 e. The van der Waals surface area contributed by atoms with E-state index in [4.69, 9.17) is 4.74 Å². The number of carbonyl (C=O) groups excluding carboxylic acids is 1. The second kappa shape index (κ2) is 6.50. The van der Waals surface area contributed by atoms with Crippen molar-refractivity contribution in [3.8, 4) is 0 Å². The molecule has 0 saturated carbocycles. The van der Waals surface area contributed by atoms with Crippen LogP contribution in [0.25, 0.3) is 0 Å². The first-order chi connectivity index (χ1) is 10.9. The zero-order valence-electron chi connectivity index (χ0n) is 12.9. The fourth-order valence-electron chi connectivity index (χ4n) is 3.26. The van der Waals surface area contributed by atoms with Crippen molar-refractivity contribution in [2.24, 2.45) is 11.8 Å². The van der Waals surface area contributed by atoms with Gasteiger partial charge in [0.25, 0.3) is 5.91 Å². The van der Waals surface area contributed by atoms with Crippen LogP contribution in [0.5, 0.6) is 0 Å². The number of hydrogen-bond donors (Lipinski definition) is 1. The molecule has 2 aliphatic rings. The van der Waals surface area contributed by atoms with E-state index >= 15 is 0 Å². The molecule has 0 aromatic carbocycles. The lowest BCUT2D eigenvalue weighted by Gasteiger charge is -2.36. The third-order valence-corrected chi connectivity index (χ3v) is 5.16. The molecule has 1 aromatic heterocycles. The van der Waals surface area contributed by atoms with Gasteiger partial charge in [-0.1, -0.05) is 0 Å². The third kappa shape index (κ3) is 3.85. The lowest BCUT2D eigenvalue weighted by Crippen LogP contribution is -2.47. The highest BCUT2D eigenvalue weighted by molar-refractivity contribution is 7.88. The summed E-state index contributed by atoms with van der Waals surface area (Å²) >= 11 is 0. The zero-order valence-corrected chi connectivity index (χ0v) is 13.7. The first-order valence-electron chi connectivity index (χ1n) is 7.56. The van der Waals surface area contributed by atoms with Crippen LogP contribution in [0.3, 0.4) is 0 Å². The fraction of sp³-hybridized carbons (Fsp3) is 0.643. The van der Waals surface area contributed by atoms with Crippen LogP contribution in [-0.4, -0.2) is 68.0 Å². The third-order valence-electron chi connectivity index (χ3n) is 4.47. The van der Waals surface area contributed by atoms with Crippen molar-refractivity contribution in [2.75, 3.05) is 32.5 Å². The number of likely N-dealkylation sites (tertiary alicyclic amines) is 1. The van der Waals surface area contributed by atoms with Crippen LogP contribution in [0.1, 0.15) is 16.8 Å². The van der Waals surface area contributed by atoms with E-state index < -0.39 is 10.0 Å². The molecule has 23 heavy (non-hydrogen) atoms. The maximum atomic E-state index is 12.5. The van der Waals surface area contributed by atoms with Crippen molar-refractivity contribution in [2.45, 2.75) is 12.5 Å². The van der Waals surface area contributed by atoms with E-state index in [0.717, 1.165) is 12.7 Å². The summed E-state index contributed by atoms with van der Waals surface area (Å²) in [5.74, 6) is 0.456. The molecule has 0 aliphatic carbocycles. The topological polar surface area (TPSA) is 101 Å². The molecule has 0 bridgehead atoms. The summed E-state index contributed by atoms with van der Waals surface area (Å²) in [6.07, 6.45) is 4.76. The number of nitrogens with zero attached hydrogens (tertiary/aromatic N) is 3. The van der Waals surface area contributed by atoms with Gasteiger partial charge in [0.1, 0.15) is 0 Å². The molecule has 3 atom stereocenters. The molecule has 2 saturated heterocycles. The first kappa shape index (κ1) is 16.3. The number of amides is 1. The first-order valence-corrected chi connectivity index (χ1v) is 9.45. The normalized spacial score (nSPS) is 27.7. The summed E-state index contributed by atoms with van der Waals surface area (Å²) in [6, 6.07) is 1.65. The zero-order chi connectivity index (χ0) is 16.4. The van der Waals surface area contributed by atoms with Crippen LogP contribution in [0.4, 0.5) is 0 Å². The maximum absolute atomic E-state index is 12.5. The molecule has 126 valence electrons. The Balaban J connectivity index is 1.66. The standard InChI is InChI=1S/C14H20N4O4S/c1-23(20,21)17-7-13-12-8-18(5-3-11(12)9-22-13)14(19)10-2-4-15-16-6-10/h2,4,6,11-13,17H,3,5,7-9H2,1H3/t11-,12-,13+/m1/s1. The van der Waals surface area contributed by atoms with Crippen LogP contribution < -0.4 is 4.72 Å². The molecule has 3 rings (SSSR count). The van der Waals surface area contributed by atoms with E-state index in [9.17, 15) is 13.2 Å². The number of aromatic nitrogens is 2. The number of fused-ring (bicyclic) bond motifs is 1. The molecule has 3 heterocycles. The monoisotopic (exact) mass is 340 g/mol. The molecule has 8 nitrogen and oxygen atoms in total. The lowest BCUT2D eigenvalue weighted by atomic mass is 9.84. The second-order valence-corrected chi connectivity index (χ2v) is 7.92. The minimum atomic E-state index is -3.25. The predicted molar refractivity (Wildman–Crippen MR) is 82.1 cm³/mol. The van der Waals surface area contributed by atoms with Gasteiger partial charge in [0.15, 0.2) is 0 Å². The molecule has 0 spiro atoms. The van der Waals surface area contributed by atoms with E-state index in [1.165, 1.54) is 12.4 Å². The van der Waals surface area contributed by atoms with Gasteiger partial charge in [0.2, 0.25) is 10.0 Å². The van der Waals surface area contributed by atoms with Crippen molar-refractivity contribution < 1.29 is 17.9 Å². The average molecular weight is 340 g/mol. The van der Waals surface area contributed by atoms with Crippen LogP contribution in [0.15, 0.2) is 18.5 Å². The summed E-state index contributed by atoms with van der Waals surface area (Å²) in [4.78, 5) is 14.3. The van der Waals surface area contributed by atoms with E-state index in [1.807, 2.05) is 0 Å². The van der Waals surface area contributed by atoms with Gasteiger partial charge in [-0.25, -0.2) is 13.1 Å². The number of hydrogen-bond acceptors (Lipinski definition) is 6. The van der Waals surface area contributed by atoms with Crippen molar-refractivity contribution in [3.63, 3.8) is 0 Å². The second-order valence-electron chi connectivity index (χ2n) is 6.09.